The first-order chi connectivity index (χ1) is 12.8. The monoisotopic (exact) mass is 351 g/mol. The average Bonchev–Trinajstić information content (AvgIpc) is 3.11. The van der Waals surface area contributed by atoms with Crippen LogP contribution in [0.4, 0.5) is 0 Å². The minimum Gasteiger partial charge on any atom is -0.493 e. The van der Waals surface area contributed by atoms with Crippen LogP contribution in [0.5, 0.6) is 17.2 Å². The van der Waals surface area contributed by atoms with E-state index >= 15 is 0 Å². The number of ether oxygens (including phenoxy) is 3. The highest BCUT2D eigenvalue weighted by molar-refractivity contribution is 5.58. The Morgan fingerprint density at radius 3 is 2.46 bits per heavy atom. The molecule has 0 spiro atoms. The Labute approximate surface area is 153 Å². The van der Waals surface area contributed by atoms with Crippen molar-refractivity contribution in [3.05, 3.63) is 71.5 Å². The zero-order valence-electron chi connectivity index (χ0n) is 15.2. The van der Waals surface area contributed by atoms with Gasteiger partial charge < -0.3 is 24.1 Å². The zero-order chi connectivity index (χ0) is 18.1. The summed E-state index contributed by atoms with van der Waals surface area (Å²) in [5, 5.41) is 2.33. The molecular weight excluding hydrogens is 328 g/mol. The second-order valence-electron chi connectivity index (χ2n) is 6.27. The molecule has 5 nitrogen and oxygen atoms in total. The molecule has 0 amide bonds. The van der Waals surface area contributed by atoms with E-state index in [0.29, 0.717) is 17.2 Å². The van der Waals surface area contributed by atoms with E-state index in [0.717, 1.165) is 12.1 Å². The van der Waals surface area contributed by atoms with E-state index in [-0.39, 0.29) is 6.04 Å². The van der Waals surface area contributed by atoms with Gasteiger partial charge in [0.1, 0.15) is 6.54 Å². The quantitative estimate of drug-likeness (QED) is 0.786. The van der Waals surface area contributed by atoms with Crippen molar-refractivity contribution in [2.75, 3.05) is 21.3 Å². The van der Waals surface area contributed by atoms with Crippen molar-refractivity contribution in [2.24, 2.45) is 0 Å². The molecule has 1 aromatic heterocycles. The van der Waals surface area contributed by atoms with Crippen LogP contribution < -0.4 is 19.5 Å². The Hall–Kier alpha value is -2.92. The Morgan fingerprint density at radius 1 is 0.885 bits per heavy atom. The lowest BCUT2D eigenvalue weighted by Crippen LogP contribution is -2.83. The first-order valence-electron chi connectivity index (χ1n) is 8.66. The summed E-state index contributed by atoms with van der Waals surface area (Å²) in [6.45, 7) is 0.889. The van der Waals surface area contributed by atoms with E-state index in [1.165, 1.54) is 16.9 Å². The van der Waals surface area contributed by atoms with Gasteiger partial charge in [0.15, 0.2) is 17.5 Å². The van der Waals surface area contributed by atoms with Gasteiger partial charge in [-0.05, 0) is 30.3 Å². The molecule has 0 unspecified atom stereocenters. The molecule has 0 radical (unpaired) electrons. The summed E-state index contributed by atoms with van der Waals surface area (Å²) in [5.74, 6) is 2.01. The van der Waals surface area contributed by atoms with Crippen molar-refractivity contribution in [3.63, 3.8) is 0 Å². The maximum absolute atomic E-state index is 5.74. The van der Waals surface area contributed by atoms with Crippen LogP contribution in [-0.2, 0) is 6.54 Å². The lowest BCUT2D eigenvalue weighted by atomic mass is 10.0. The van der Waals surface area contributed by atoms with Crippen LogP contribution in [0.1, 0.15) is 22.9 Å². The molecule has 2 N–H and O–H groups in total. The predicted octanol–water partition coefficient (Wildman–Crippen LogP) is 2.67. The summed E-state index contributed by atoms with van der Waals surface area (Å²) < 4.78 is 19.0. The molecule has 134 valence electrons. The van der Waals surface area contributed by atoms with Crippen LogP contribution in [0.15, 0.2) is 54.7 Å². The van der Waals surface area contributed by atoms with E-state index in [2.05, 4.69) is 58.5 Å². The number of quaternary nitrogens is 1. The van der Waals surface area contributed by atoms with E-state index in [9.17, 15) is 0 Å². The molecule has 0 fully saturated rings. The summed E-state index contributed by atoms with van der Waals surface area (Å²) in [6, 6.07) is 16.9. The normalized spacial score (nSPS) is 15.6. The Morgan fingerprint density at radius 2 is 1.69 bits per heavy atom. The zero-order valence-corrected chi connectivity index (χ0v) is 15.2. The highest BCUT2D eigenvalue weighted by Crippen LogP contribution is 2.43. The summed E-state index contributed by atoms with van der Waals surface area (Å²) in [6.07, 6.45) is 2.12. The molecule has 0 bridgehead atoms. The smallest absolute Gasteiger partial charge is 0.203 e. The number of hydrogen-bond donors (Lipinski definition) is 1. The van der Waals surface area contributed by atoms with Gasteiger partial charge in [-0.3, -0.25) is 0 Å². The van der Waals surface area contributed by atoms with Gasteiger partial charge >= 0.3 is 0 Å². The van der Waals surface area contributed by atoms with Crippen LogP contribution in [0.2, 0.25) is 0 Å². The van der Waals surface area contributed by atoms with Crippen molar-refractivity contribution in [2.45, 2.75) is 12.6 Å². The summed E-state index contributed by atoms with van der Waals surface area (Å²) in [5.41, 5.74) is 4.82. The van der Waals surface area contributed by atoms with Crippen LogP contribution in [-0.4, -0.2) is 25.9 Å². The molecule has 2 heterocycles. The molecule has 0 aliphatic carbocycles. The second kappa shape index (κ2) is 6.77. The van der Waals surface area contributed by atoms with Crippen molar-refractivity contribution in [1.29, 1.82) is 0 Å². The van der Waals surface area contributed by atoms with Gasteiger partial charge in [0, 0.05) is 11.8 Å². The van der Waals surface area contributed by atoms with Crippen molar-refractivity contribution in [1.82, 2.24) is 4.57 Å². The van der Waals surface area contributed by atoms with E-state index in [1.807, 2.05) is 6.07 Å². The molecule has 26 heavy (non-hydrogen) atoms. The molecule has 4 rings (SSSR count). The number of aromatic nitrogens is 1. The van der Waals surface area contributed by atoms with E-state index < -0.39 is 0 Å². The Bertz CT molecular complexity index is 933. The standard InChI is InChI=1S/C21H22N2O3/c1-24-18-11-10-15(20(25-2)21(18)26-3)19-17-9-6-12-23(17)16-8-5-4-7-14(16)13-22-19/h4-12,19,22H,13H2,1-3H3/p+1/t19-/m1/s1. The van der Waals surface area contributed by atoms with Gasteiger partial charge in [0.25, 0.3) is 0 Å². The SMILES string of the molecule is COc1ccc([C@H]2[NH2+]Cc3ccccc3-n3cccc32)c(OC)c1OC. The third kappa shape index (κ3) is 2.52. The number of fused-ring (bicyclic) bond motifs is 3. The van der Waals surface area contributed by atoms with E-state index in [4.69, 9.17) is 14.2 Å². The van der Waals surface area contributed by atoms with Gasteiger partial charge in [0.2, 0.25) is 5.75 Å². The fraction of sp³-hybridized carbons (Fsp3) is 0.238. The van der Waals surface area contributed by atoms with Gasteiger partial charge in [-0.1, -0.05) is 18.2 Å². The number of para-hydroxylation sites is 1. The van der Waals surface area contributed by atoms with Crippen molar-refractivity contribution < 1.29 is 19.5 Å². The summed E-state index contributed by atoms with van der Waals surface area (Å²) >= 11 is 0. The van der Waals surface area contributed by atoms with Crippen molar-refractivity contribution >= 4 is 0 Å². The highest BCUT2D eigenvalue weighted by Gasteiger charge is 2.30. The molecular formula is C21H23N2O3+. The fourth-order valence-corrected chi connectivity index (χ4v) is 3.81. The molecule has 1 aliphatic rings. The van der Waals surface area contributed by atoms with Crippen LogP contribution in [0.3, 0.4) is 0 Å². The minimum atomic E-state index is 0.0900. The molecule has 3 aromatic rings. The Balaban J connectivity index is 1.88. The number of nitrogens with two attached hydrogens (primary N) is 1. The highest BCUT2D eigenvalue weighted by atomic mass is 16.5. The molecule has 0 saturated heterocycles. The lowest BCUT2D eigenvalue weighted by molar-refractivity contribution is -0.702. The van der Waals surface area contributed by atoms with Crippen molar-refractivity contribution in [3.8, 4) is 22.9 Å². The van der Waals surface area contributed by atoms with Gasteiger partial charge in [-0.2, -0.15) is 0 Å². The lowest BCUT2D eigenvalue weighted by Gasteiger charge is -2.20. The average molecular weight is 351 g/mol. The minimum absolute atomic E-state index is 0.0900. The number of rotatable bonds is 4. The number of nitrogens with zero attached hydrogens (tertiary/aromatic N) is 1. The Kier molecular flexibility index (Phi) is 4.31. The molecule has 1 atom stereocenters. The molecule has 0 saturated carbocycles. The fourth-order valence-electron chi connectivity index (χ4n) is 3.81. The van der Waals surface area contributed by atoms with Gasteiger partial charge in [-0.15, -0.1) is 0 Å². The largest absolute Gasteiger partial charge is 0.493 e. The summed E-state index contributed by atoms with van der Waals surface area (Å²) in [4.78, 5) is 0. The predicted molar refractivity (Wildman–Crippen MR) is 99.3 cm³/mol. The van der Waals surface area contributed by atoms with E-state index in [1.54, 1.807) is 21.3 Å². The number of hydrogen-bond acceptors (Lipinski definition) is 3. The summed E-state index contributed by atoms with van der Waals surface area (Å²) in [7, 11) is 4.95. The topological polar surface area (TPSA) is 49.2 Å². The third-order valence-electron chi connectivity index (χ3n) is 4.99. The van der Waals surface area contributed by atoms with Crippen LogP contribution in [0.25, 0.3) is 5.69 Å². The maximum atomic E-state index is 5.74. The first-order valence-corrected chi connectivity index (χ1v) is 8.66. The maximum Gasteiger partial charge on any atom is 0.203 e. The third-order valence-corrected chi connectivity index (χ3v) is 4.99. The first kappa shape index (κ1) is 16.5. The van der Waals surface area contributed by atoms with Crippen LogP contribution >= 0.6 is 0 Å². The molecule has 2 aromatic carbocycles. The van der Waals surface area contributed by atoms with Crippen LogP contribution in [0, 0.1) is 0 Å². The number of benzene rings is 2. The second-order valence-corrected chi connectivity index (χ2v) is 6.27. The molecule has 1 aliphatic heterocycles. The molecule has 5 heteroatoms. The van der Waals surface area contributed by atoms with Gasteiger partial charge in [0.05, 0.1) is 38.3 Å². The number of methoxy groups -OCH3 is 3. The van der Waals surface area contributed by atoms with Gasteiger partial charge in [-0.25, -0.2) is 0 Å².